The van der Waals surface area contributed by atoms with E-state index in [4.69, 9.17) is 11.6 Å². The molecule has 0 saturated heterocycles. The van der Waals surface area contributed by atoms with Crippen LogP contribution in [0.4, 0.5) is 10.1 Å². The summed E-state index contributed by atoms with van der Waals surface area (Å²) in [7, 11) is 0. The van der Waals surface area contributed by atoms with Gasteiger partial charge in [-0.1, -0.05) is 25.4 Å². The zero-order valence-electron chi connectivity index (χ0n) is 14.4. The van der Waals surface area contributed by atoms with Crippen molar-refractivity contribution in [3.05, 3.63) is 55.2 Å². The molecule has 0 bridgehead atoms. The van der Waals surface area contributed by atoms with E-state index < -0.39 is 32.9 Å². The molecule has 140 valence electrons. The molecule has 0 fully saturated rings. The number of fused-ring (bicyclic) bond motifs is 1. The Kier molecular flexibility index (Phi) is 4.52. The molecular weight excluding hydrogens is 381 g/mol. The Bertz CT molecular complexity index is 1160. The molecular formula is C16H13ClFN5O4. The number of rotatable bonds is 3. The topological polar surface area (TPSA) is 124 Å². The lowest BCUT2D eigenvalue weighted by Gasteiger charge is -2.17. The maximum atomic E-state index is 13.9. The molecule has 0 atom stereocenters. The second kappa shape index (κ2) is 6.54. The Morgan fingerprint density at radius 1 is 1.37 bits per heavy atom. The van der Waals surface area contributed by atoms with Crippen LogP contribution in [0.2, 0.25) is 5.15 Å². The summed E-state index contributed by atoms with van der Waals surface area (Å²) in [4.78, 5) is 35.3. The standard InChI is InChI=1S/C16H13ClFN5O4/c1-6(2)10-11(7(3)19-5-20-10)22-15-8(4-9(18)14(17)21-15)13(24)12(16(22)25)23(26)27/h4-6,24H,1-3H3. The highest BCUT2D eigenvalue weighted by Gasteiger charge is 2.30. The van der Waals surface area contributed by atoms with Crippen LogP contribution in [0.15, 0.2) is 17.2 Å². The van der Waals surface area contributed by atoms with Crippen LogP contribution < -0.4 is 5.56 Å². The molecule has 9 nitrogen and oxygen atoms in total. The summed E-state index contributed by atoms with van der Waals surface area (Å²) in [5.41, 5.74) is -1.56. The summed E-state index contributed by atoms with van der Waals surface area (Å²) in [5.74, 6) is -2.16. The number of aromatic nitrogens is 4. The van der Waals surface area contributed by atoms with Crippen LogP contribution in [-0.2, 0) is 0 Å². The first-order valence-electron chi connectivity index (χ1n) is 7.75. The van der Waals surface area contributed by atoms with Crippen molar-refractivity contribution in [2.24, 2.45) is 0 Å². The first-order chi connectivity index (χ1) is 12.6. The monoisotopic (exact) mass is 393 g/mol. The summed E-state index contributed by atoms with van der Waals surface area (Å²) >= 11 is 5.75. The van der Waals surface area contributed by atoms with E-state index in [2.05, 4.69) is 15.0 Å². The predicted molar refractivity (Wildman–Crippen MR) is 95.0 cm³/mol. The fourth-order valence-electron chi connectivity index (χ4n) is 2.79. The number of pyridine rings is 2. The number of hydrogen-bond acceptors (Lipinski definition) is 7. The maximum Gasteiger partial charge on any atom is 0.376 e. The third-order valence-electron chi connectivity index (χ3n) is 4.00. The average Bonchev–Trinajstić information content (AvgIpc) is 2.57. The van der Waals surface area contributed by atoms with Crippen LogP contribution in [0.1, 0.15) is 31.2 Å². The van der Waals surface area contributed by atoms with Crippen LogP contribution in [0.3, 0.4) is 0 Å². The number of hydrogen-bond donors (Lipinski definition) is 1. The van der Waals surface area contributed by atoms with Gasteiger partial charge in [0.25, 0.3) is 0 Å². The van der Waals surface area contributed by atoms with Gasteiger partial charge in [-0.2, -0.15) is 0 Å². The summed E-state index contributed by atoms with van der Waals surface area (Å²) in [6.45, 7) is 5.21. The lowest BCUT2D eigenvalue weighted by atomic mass is 10.1. The molecule has 0 saturated carbocycles. The Labute approximate surface area is 156 Å². The Balaban J connectivity index is 2.64. The second-order valence-electron chi connectivity index (χ2n) is 6.07. The number of halogens is 2. The van der Waals surface area contributed by atoms with Gasteiger partial charge in [0.2, 0.25) is 5.75 Å². The number of aryl methyl sites for hydroxylation is 1. The fraction of sp³-hybridized carbons (Fsp3) is 0.250. The molecule has 3 heterocycles. The molecule has 1 N–H and O–H groups in total. The van der Waals surface area contributed by atoms with Gasteiger partial charge in [-0.05, 0) is 18.9 Å². The highest BCUT2D eigenvalue weighted by Crippen LogP contribution is 2.34. The quantitative estimate of drug-likeness (QED) is 0.412. The van der Waals surface area contributed by atoms with Crippen molar-refractivity contribution in [2.75, 3.05) is 0 Å². The Morgan fingerprint density at radius 3 is 2.63 bits per heavy atom. The molecule has 11 heteroatoms. The smallest absolute Gasteiger partial charge is 0.376 e. The molecule has 0 aliphatic rings. The minimum absolute atomic E-state index is 0.167. The van der Waals surface area contributed by atoms with Gasteiger partial charge in [0.1, 0.15) is 6.33 Å². The first-order valence-corrected chi connectivity index (χ1v) is 8.12. The minimum atomic E-state index is -1.15. The molecule has 3 aromatic rings. The van der Waals surface area contributed by atoms with Crippen molar-refractivity contribution in [3.63, 3.8) is 0 Å². The molecule has 3 aromatic heterocycles. The number of nitrogens with zero attached hydrogens (tertiary/aromatic N) is 5. The predicted octanol–water partition coefficient (Wildman–Crippen LogP) is 3.01. The van der Waals surface area contributed by atoms with Gasteiger partial charge < -0.3 is 5.11 Å². The normalized spacial score (nSPS) is 11.3. The summed E-state index contributed by atoms with van der Waals surface area (Å²) in [5, 5.41) is 20.7. The van der Waals surface area contributed by atoms with Gasteiger partial charge in [0, 0.05) is 0 Å². The van der Waals surface area contributed by atoms with Crippen molar-refractivity contribution >= 4 is 28.3 Å². The summed E-state index contributed by atoms with van der Waals surface area (Å²) in [6, 6.07) is 0.789. The van der Waals surface area contributed by atoms with Gasteiger partial charge in [-0.3, -0.25) is 19.5 Å². The summed E-state index contributed by atoms with van der Waals surface area (Å²) < 4.78 is 14.8. The highest BCUT2D eigenvalue weighted by atomic mass is 35.5. The van der Waals surface area contributed by atoms with Crippen LogP contribution in [0.5, 0.6) is 5.75 Å². The first kappa shape index (κ1) is 18.6. The van der Waals surface area contributed by atoms with E-state index >= 15 is 0 Å². The molecule has 0 aliphatic heterocycles. The molecule has 0 aliphatic carbocycles. The van der Waals surface area contributed by atoms with Crippen molar-refractivity contribution in [3.8, 4) is 11.4 Å². The Hall–Kier alpha value is -3.14. The zero-order chi connectivity index (χ0) is 20.0. The van der Waals surface area contributed by atoms with E-state index in [0.717, 1.165) is 10.6 Å². The fourth-order valence-corrected chi connectivity index (χ4v) is 2.92. The molecule has 0 aromatic carbocycles. The van der Waals surface area contributed by atoms with E-state index in [1.165, 1.54) is 6.33 Å². The maximum absolute atomic E-state index is 13.9. The van der Waals surface area contributed by atoms with Crippen LogP contribution in [0, 0.1) is 22.9 Å². The van der Waals surface area contributed by atoms with Gasteiger partial charge in [-0.25, -0.2) is 19.3 Å². The van der Waals surface area contributed by atoms with Crippen molar-refractivity contribution in [2.45, 2.75) is 26.7 Å². The van der Waals surface area contributed by atoms with E-state index in [1.807, 2.05) is 13.8 Å². The Morgan fingerprint density at radius 2 is 2.04 bits per heavy atom. The van der Waals surface area contributed by atoms with Crippen LogP contribution >= 0.6 is 11.6 Å². The van der Waals surface area contributed by atoms with E-state index in [0.29, 0.717) is 11.4 Å². The van der Waals surface area contributed by atoms with E-state index in [9.17, 15) is 24.4 Å². The minimum Gasteiger partial charge on any atom is -0.501 e. The largest absolute Gasteiger partial charge is 0.501 e. The van der Waals surface area contributed by atoms with Crippen molar-refractivity contribution in [1.29, 1.82) is 0 Å². The zero-order valence-corrected chi connectivity index (χ0v) is 15.2. The molecule has 0 unspecified atom stereocenters. The van der Waals surface area contributed by atoms with Crippen molar-refractivity contribution < 1.29 is 14.4 Å². The third kappa shape index (κ3) is 2.87. The SMILES string of the molecule is Cc1ncnc(C(C)C)c1-n1c(=O)c([N+](=O)[O-])c(O)c2cc(F)c(Cl)nc21. The highest BCUT2D eigenvalue weighted by molar-refractivity contribution is 6.30. The number of nitro groups is 1. The molecule has 0 spiro atoms. The molecule has 27 heavy (non-hydrogen) atoms. The molecule has 0 radical (unpaired) electrons. The van der Waals surface area contributed by atoms with Crippen LogP contribution in [0.25, 0.3) is 16.7 Å². The molecule has 3 rings (SSSR count). The second-order valence-corrected chi connectivity index (χ2v) is 6.43. The van der Waals surface area contributed by atoms with E-state index in [1.54, 1.807) is 6.92 Å². The van der Waals surface area contributed by atoms with Gasteiger partial charge >= 0.3 is 11.2 Å². The van der Waals surface area contributed by atoms with Crippen molar-refractivity contribution in [1.82, 2.24) is 19.5 Å². The van der Waals surface area contributed by atoms with Gasteiger partial charge in [-0.15, -0.1) is 0 Å². The lowest BCUT2D eigenvalue weighted by molar-refractivity contribution is -0.387. The van der Waals surface area contributed by atoms with Crippen LogP contribution in [-0.4, -0.2) is 29.5 Å². The third-order valence-corrected chi connectivity index (χ3v) is 4.26. The lowest BCUT2D eigenvalue weighted by Crippen LogP contribution is -2.25. The summed E-state index contributed by atoms with van der Waals surface area (Å²) in [6.07, 6.45) is 1.30. The molecule has 0 amide bonds. The van der Waals surface area contributed by atoms with Gasteiger partial charge in [0.05, 0.1) is 27.4 Å². The average molecular weight is 394 g/mol. The van der Waals surface area contributed by atoms with Gasteiger partial charge in [0.15, 0.2) is 16.6 Å². The van der Waals surface area contributed by atoms with E-state index in [-0.39, 0.29) is 22.6 Å². The number of aromatic hydroxyl groups is 1.